The van der Waals surface area contributed by atoms with Crippen molar-refractivity contribution in [3.8, 4) is 28.5 Å². The number of aromatic nitrogens is 2. The second-order valence-electron chi connectivity index (χ2n) is 5.70. The smallest absolute Gasteiger partial charge is 0.289 e. The number of hydrogen-bond acceptors (Lipinski definition) is 6. The van der Waals surface area contributed by atoms with Gasteiger partial charge in [-0.15, -0.1) is 0 Å². The number of hydrogen-bond donors (Lipinski definition) is 2. The molecule has 1 amide bonds. The third-order valence-corrected chi connectivity index (χ3v) is 4.01. The summed E-state index contributed by atoms with van der Waals surface area (Å²) in [6, 6.07) is 14.3. The Hall–Kier alpha value is -3.81. The number of amides is 1. The van der Waals surface area contributed by atoms with E-state index in [4.69, 9.17) is 14.2 Å². The number of aromatic amines is 1. The molecule has 2 aromatic carbocycles. The van der Waals surface area contributed by atoms with Gasteiger partial charge in [-0.25, -0.2) is 5.43 Å². The van der Waals surface area contributed by atoms with Crippen LogP contribution in [0.3, 0.4) is 0 Å². The van der Waals surface area contributed by atoms with Crippen molar-refractivity contribution in [1.82, 2.24) is 15.6 Å². The van der Waals surface area contributed by atoms with Crippen molar-refractivity contribution < 1.29 is 19.0 Å². The van der Waals surface area contributed by atoms with Crippen LogP contribution < -0.4 is 19.6 Å². The van der Waals surface area contributed by atoms with E-state index >= 15 is 0 Å². The topological polar surface area (TPSA) is 97.8 Å². The normalized spacial score (nSPS) is 10.7. The second-order valence-corrected chi connectivity index (χ2v) is 5.70. The fourth-order valence-electron chi connectivity index (χ4n) is 2.51. The van der Waals surface area contributed by atoms with Crippen molar-refractivity contribution in [2.24, 2.45) is 5.10 Å². The minimum atomic E-state index is -0.412. The zero-order valence-corrected chi connectivity index (χ0v) is 15.7. The molecule has 8 heteroatoms. The van der Waals surface area contributed by atoms with E-state index in [1.165, 1.54) is 6.21 Å². The minimum Gasteiger partial charge on any atom is -0.497 e. The summed E-state index contributed by atoms with van der Waals surface area (Å²) in [6.07, 6.45) is 1.49. The Balaban J connectivity index is 1.68. The van der Waals surface area contributed by atoms with Gasteiger partial charge in [0.15, 0.2) is 0 Å². The third-order valence-electron chi connectivity index (χ3n) is 4.01. The Morgan fingerprint density at radius 2 is 1.71 bits per heavy atom. The van der Waals surface area contributed by atoms with Gasteiger partial charge in [-0.1, -0.05) is 0 Å². The lowest BCUT2D eigenvalue weighted by molar-refractivity contribution is 0.0950. The van der Waals surface area contributed by atoms with Crippen LogP contribution in [0.25, 0.3) is 11.3 Å². The largest absolute Gasteiger partial charge is 0.497 e. The number of carbonyl (C=O) groups excluding carboxylic acids is 1. The highest BCUT2D eigenvalue weighted by atomic mass is 16.5. The molecule has 0 unspecified atom stereocenters. The Morgan fingerprint density at radius 1 is 1.00 bits per heavy atom. The van der Waals surface area contributed by atoms with Crippen molar-refractivity contribution in [3.05, 3.63) is 59.8 Å². The molecule has 0 radical (unpaired) electrons. The summed E-state index contributed by atoms with van der Waals surface area (Å²) in [5, 5.41) is 10.9. The van der Waals surface area contributed by atoms with Gasteiger partial charge in [0.1, 0.15) is 22.9 Å². The standard InChI is InChI=1S/C20H20N4O4/c1-26-15-6-4-13(5-7-15)17-11-18(23-22-17)20(25)24-21-12-14-10-16(27-2)8-9-19(14)28-3/h4-12H,1-3H3,(H,22,23)(H,24,25)/b21-12+. The summed E-state index contributed by atoms with van der Waals surface area (Å²) in [4.78, 5) is 12.3. The lowest BCUT2D eigenvalue weighted by atomic mass is 10.1. The highest BCUT2D eigenvalue weighted by Crippen LogP contribution is 2.22. The molecule has 0 bridgehead atoms. The molecule has 0 aliphatic carbocycles. The van der Waals surface area contributed by atoms with Crippen molar-refractivity contribution >= 4 is 12.1 Å². The molecule has 0 saturated heterocycles. The molecule has 2 N–H and O–H groups in total. The van der Waals surface area contributed by atoms with Gasteiger partial charge in [0.05, 0.1) is 33.2 Å². The molecule has 1 heterocycles. The molecule has 0 atom stereocenters. The SMILES string of the molecule is COc1ccc(-c2cc(C(=O)N/N=C/c3cc(OC)ccc3OC)[nH]n2)cc1. The van der Waals surface area contributed by atoms with Gasteiger partial charge >= 0.3 is 0 Å². The second kappa shape index (κ2) is 8.72. The monoisotopic (exact) mass is 380 g/mol. The Labute approximate surface area is 162 Å². The van der Waals surface area contributed by atoms with E-state index in [1.807, 2.05) is 24.3 Å². The maximum absolute atomic E-state index is 12.3. The molecular weight excluding hydrogens is 360 g/mol. The number of benzene rings is 2. The third kappa shape index (κ3) is 4.29. The van der Waals surface area contributed by atoms with E-state index in [2.05, 4.69) is 20.7 Å². The van der Waals surface area contributed by atoms with Gasteiger partial charge in [0, 0.05) is 11.1 Å². The van der Waals surface area contributed by atoms with Crippen LogP contribution in [-0.4, -0.2) is 43.6 Å². The number of nitrogens with zero attached hydrogens (tertiary/aromatic N) is 2. The first kappa shape index (κ1) is 19.0. The highest BCUT2D eigenvalue weighted by Gasteiger charge is 2.11. The highest BCUT2D eigenvalue weighted by molar-refractivity contribution is 5.94. The lowest BCUT2D eigenvalue weighted by Gasteiger charge is -2.06. The van der Waals surface area contributed by atoms with Crippen molar-refractivity contribution in [3.63, 3.8) is 0 Å². The zero-order chi connectivity index (χ0) is 19.9. The van der Waals surface area contributed by atoms with E-state index in [0.717, 1.165) is 11.3 Å². The molecular formula is C20H20N4O4. The summed E-state index contributed by atoms with van der Waals surface area (Å²) < 4.78 is 15.6. The van der Waals surface area contributed by atoms with Crippen LogP contribution >= 0.6 is 0 Å². The van der Waals surface area contributed by atoms with Crippen LogP contribution in [0.5, 0.6) is 17.2 Å². The van der Waals surface area contributed by atoms with Gasteiger partial charge in [-0.2, -0.15) is 10.2 Å². The molecule has 3 aromatic rings. The molecule has 8 nitrogen and oxygen atoms in total. The predicted octanol–water partition coefficient (Wildman–Crippen LogP) is 2.87. The Kier molecular flexibility index (Phi) is 5.91. The van der Waals surface area contributed by atoms with E-state index in [1.54, 1.807) is 45.6 Å². The number of methoxy groups -OCH3 is 3. The van der Waals surface area contributed by atoms with E-state index < -0.39 is 5.91 Å². The number of hydrazone groups is 1. The molecule has 3 rings (SSSR count). The van der Waals surface area contributed by atoms with Gasteiger partial charge in [-0.05, 0) is 48.5 Å². The molecule has 0 spiro atoms. The number of ether oxygens (including phenoxy) is 3. The van der Waals surface area contributed by atoms with Gasteiger partial charge in [0.25, 0.3) is 5.91 Å². The van der Waals surface area contributed by atoms with Crippen LogP contribution in [0.15, 0.2) is 53.6 Å². The van der Waals surface area contributed by atoms with Crippen LogP contribution in [-0.2, 0) is 0 Å². The lowest BCUT2D eigenvalue weighted by Crippen LogP contribution is -2.18. The van der Waals surface area contributed by atoms with Crippen LogP contribution in [0.4, 0.5) is 0 Å². The fraction of sp³-hybridized carbons (Fsp3) is 0.150. The van der Waals surface area contributed by atoms with Crippen LogP contribution in [0.1, 0.15) is 16.1 Å². The van der Waals surface area contributed by atoms with E-state index in [-0.39, 0.29) is 0 Å². The molecule has 0 aliphatic rings. The van der Waals surface area contributed by atoms with E-state index in [9.17, 15) is 4.79 Å². The minimum absolute atomic E-state index is 0.292. The first-order valence-electron chi connectivity index (χ1n) is 8.40. The van der Waals surface area contributed by atoms with Gasteiger partial charge in [0.2, 0.25) is 0 Å². The number of H-pyrrole nitrogens is 1. The Morgan fingerprint density at radius 3 is 2.39 bits per heavy atom. The summed E-state index contributed by atoms with van der Waals surface area (Å²) in [6.45, 7) is 0. The van der Waals surface area contributed by atoms with Crippen molar-refractivity contribution in [1.29, 1.82) is 0 Å². The zero-order valence-electron chi connectivity index (χ0n) is 15.7. The average Bonchev–Trinajstić information content (AvgIpc) is 3.24. The Bertz CT molecular complexity index is 980. The summed E-state index contributed by atoms with van der Waals surface area (Å²) >= 11 is 0. The molecule has 28 heavy (non-hydrogen) atoms. The maximum Gasteiger partial charge on any atom is 0.289 e. The molecule has 144 valence electrons. The maximum atomic E-state index is 12.3. The fourth-order valence-corrected chi connectivity index (χ4v) is 2.51. The summed E-state index contributed by atoms with van der Waals surface area (Å²) in [5.74, 6) is 1.61. The molecule has 0 aliphatic heterocycles. The number of carbonyl (C=O) groups is 1. The first-order valence-corrected chi connectivity index (χ1v) is 8.40. The van der Waals surface area contributed by atoms with Crippen LogP contribution in [0.2, 0.25) is 0 Å². The predicted molar refractivity (Wildman–Crippen MR) is 105 cm³/mol. The summed E-state index contributed by atoms with van der Waals surface area (Å²) in [5.41, 5.74) is 4.93. The quantitative estimate of drug-likeness (QED) is 0.485. The molecule has 1 aromatic heterocycles. The van der Waals surface area contributed by atoms with E-state index in [0.29, 0.717) is 28.5 Å². The number of nitrogens with one attached hydrogen (secondary N) is 2. The first-order chi connectivity index (χ1) is 13.6. The van der Waals surface area contributed by atoms with Crippen molar-refractivity contribution in [2.75, 3.05) is 21.3 Å². The van der Waals surface area contributed by atoms with Gasteiger partial charge in [-0.3, -0.25) is 9.89 Å². The summed E-state index contributed by atoms with van der Waals surface area (Å²) in [7, 11) is 4.74. The van der Waals surface area contributed by atoms with Crippen LogP contribution in [0, 0.1) is 0 Å². The molecule has 0 saturated carbocycles. The average molecular weight is 380 g/mol. The van der Waals surface area contributed by atoms with Gasteiger partial charge < -0.3 is 14.2 Å². The molecule has 0 fully saturated rings. The van der Waals surface area contributed by atoms with Crippen molar-refractivity contribution in [2.45, 2.75) is 0 Å². The number of rotatable bonds is 7.